The lowest BCUT2D eigenvalue weighted by Crippen LogP contribution is -2.30. The van der Waals surface area contributed by atoms with E-state index in [1.807, 2.05) is 67.6 Å². The Morgan fingerprint density at radius 2 is 1.26 bits per heavy atom. The number of hydrogen-bond acceptors (Lipinski definition) is 6. The molecule has 0 atom stereocenters. The summed E-state index contributed by atoms with van der Waals surface area (Å²) in [6, 6.07) is 40.1. The standard InChI is InChI=1S/C41H37N3O5S/c1-2-3-26-49-41(48)33-18-20-34(21-19-33)42-38(45)28-50-36-24-22-35(23-25-36)43-40(47)37(44-39(46)32-12-8-5-9-13-32)27-29-14-16-31(17-15-29)30-10-6-4-7-11-30/h4-25,27H,2-3,26,28H2,1H3,(H,42,45)(H,43,47)(H,44,46)/b37-27-. The number of carbonyl (C=O) groups is 4. The first kappa shape index (κ1) is 35.4. The van der Waals surface area contributed by atoms with Crippen LogP contribution in [0.15, 0.2) is 144 Å². The van der Waals surface area contributed by atoms with Gasteiger partial charge in [0.1, 0.15) is 5.70 Å². The molecule has 0 spiro atoms. The highest BCUT2D eigenvalue weighted by atomic mass is 32.2. The average molecular weight is 684 g/mol. The summed E-state index contributed by atoms with van der Waals surface area (Å²) in [6.45, 7) is 2.41. The van der Waals surface area contributed by atoms with Crippen molar-refractivity contribution in [2.75, 3.05) is 23.0 Å². The van der Waals surface area contributed by atoms with Gasteiger partial charge in [0, 0.05) is 21.8 Å². The second kappa shape index (κ2) is 18.0. The number of hydrogen-bond donors (Lipinski definition) is 3. The number of anilines is 2. The third-order valence-electron chi connectivity index (χ3n) is 7.48. The third kappa shape index (κ3) is 10.5. The molecule has 252 valence electrons. The van der Waals surface area contributed by atoms with E-state index in [1.165, 1.54) is 11.8 Å². The van der Waals surface area contributed by atoms with Crippen molar-refractivity contribution in [3.8, 4) is 11.1 Å². The number of esters is 1. The summed E-state index contributed by atoms with van der Waals surface area (Å²) in [5, 5.41) is 8.46. The Kier molecular flexibility index (Phi) is 12.7. The Balaban J connectivity index is 1.19. The van der Waals surface area contributed by atoms with Gasteiger partial charge in [-0.05, 0) is 89.9 Å². The smallest absolute Gasteiger partial charge is 0.338 e. The van der Waals surface area contributed by atoms with Crippen LogP contribution in [0.1, 0.15) is 46.0 Å². The molecule has 3 N–H and O–H groups in total. The highest BCUT2D eigenvalue weighted by molar-refractivity contribution is 8.00. The zero-order valence-electron chi connectivity index (χ0n) is 27.6. The van der Waals surface area contributed by atoms with Crippen LogP contribution >= 0.6 is 11.8 Å². The number of unbranched alkanes of at least 4 members (excludes halogenated alkanes) is 1. The largest absolute Gasteiger partial charge is 0.462 e. The van der Waals surface area contributed by atoms with Crippen LogP contribution in [0.5, 0.6) is 0 Å². The lowest BCUT2D eigenvalue weighted by atomic mass is 10.0. The molecule has 5 rings (SSSR count). The molecule has 5 aromatic carbocycles. The van der Waals surface area contributed by atoms with Crippen molar-refractivity contribution in [3.63, 3.8) is 0 Å². The molecule has 50 heavy (non-hydrogen) atoms. The Labute approximate surface area is 296 Å². The number of carbonyl (C=O) groups excluding carboxylic acids is 4. The fourth-order valence-electron chi connectivity index (χ4n) is 4.77. The molecule has 0 saturated carbocycles. The van der Waals surface area contributed by atoms with Crippen LogP contribution < -0.4 is 16.0 Å². The molecule has 0 unspecified atom stereocenters. The SMILES string of the molecule is CCCCOC(=O)c1ccc(NC(=O)CSc2ccc(NC(=O)/C(=C/c3ccc(-c4ccccc4)cc3)NC(=O)c3ccccc3)cc2)cc1. The molecule has 0 fully saturated rings. The first-order valence-electron chi connectivity index (χ1n) is 16.2. The van der Waals surface area contributed by atoms with Gasteiger partial charge in [0.25, 0.3) is 11.8 Å². The zero-order chi connectivity index (χ0) is 35.1. The second-order valence-electron chi connectivity index (χ2n) is 11.2. The fourth-order valence-corrected chi connectivity index (χ4v) is 5.47. The van der Waals surface area contributed by atoms with E-state index in [-0.39, 0.29) is 23.3 Å². The average Bonchev–Trinajstić information content (AvgIpc) is 3.15. The van der Waals surface area contributed by atoms with E-state index in [9.17, 15) is 19.2 Å². The predicted molar refractivity (Wildman–Crippen MR) is 200 cm³/mol. The van der Waals surface area contributed by atoms with Crippen LogP contribution in [-0.4, -0.2) is 36.1 Å². The van der Waals surface area contributed by atoms with Crippen LogP contribution in [0, 0.1) is 0 Å². The number of nitrogens with one attached hydrogen (secondary N) is 3. The highest BCUT2D eigenvalue weighted by Crippen LogP contribution is 2.23. The quantitative estimate of drug-likeness (QED) is 0.0469. The van der Waals surface area contributed by atoms with Gasteiger partial charge < -0.3 is 20.7 Å². The molecule has 8 nitrogen and oxygen atoms in total. The summed E-state index contributed by atoms with van der Waals surface area (Å²) in [5.74, 6) is -1.32. The molecular formula is C41H37N3O5S. The van der Waals surface area contributed by atoms with E-state index in [2.05, 4.69) is 16.0 Å². The maximum Gasteiger partial charge on any atom is 0.338 e. The van der Waals surface area contributed by atoms with Crippen molar-refractivity contribution < 1.29 is 23.9 Å². The molecule has 0 aliphatic carbocycles. The molecule has 5 aromatic rings. The normalized spacial score (nSPS) is 10.9. The van der Waals surface area contributed by atoms with Crippen molar-refractivity contribution in [1.29, 1.82) is 0 Å². The summed E-state index contributed by atoms with van der Waals surface area (Å²) in [6.07, 6.45) is 3.40. The molecule has 0 aliphatic rings. The predicted octanol–water partition coefficient (Wildman–Crippen LogP) is 8.45. The van der Waals surface area contributed by atoms with E-state index in [0.29, 0.717) is 29.1 Å². The Hall–Kier alpha value is -5.93. The summed E-state index contributed by atoms with van der Waals surface area (Å²) < 4.78 is 5.22. The number of amides is 3. The number of benzene rings is 5. The van der Waals surface area contributed by atoms with Gasteiger partial charge in [-0.25, -0.2) is 4.79 Å². The zero-order valence-corrected chi connectivity index (χ0v) is 28.4. The molecule has 9 heteroatoms. The van der Waals surface area contributed by atoms with Gasteiger partial charge in [0.15, 0.2) is 0 Å². The van der Waals surface area contributed by atoms with Crippen LogP contribution in [-0.2, 0) is 14.3 Å². The summed E-state index contributed by atoms with van der Waals surface area (Å²) in [7, 11) is 0. The summed E-state index contributed by atoms with van der Waals surface area (Å²) in [5.41, 5.74) is 4.90. The van der Waals surface area contributed by atoms with Gasteiger partial charge in [-0.3, -0.25) is 14.4 Å². The summed E-state index contributed by atoms with van der Waals surface area (Å²) in [4.78, 5) is 52.0. The molecule has 0 aliphatic heterocycles. The Morgan fingerprint density at radius 1 is 0.660 bits per heavy atom. The maximum atomic E-state index is 13.5. The molecule has 0 heterocycles. The second-order valence-corrected chi connectivity index (χ2v) is 12.3. The van der Waals surface area contributed by atoms with Crippen molar-refractivity contribution in [2.45, 2.75) is 24.7 Å². The minimum Gasteiger partial charge on any atom is -0.462 e. The van der Waals surface area contributed by atoms with Crippen molar-refractivity contribution in [2.24, 2.45) is 0 Å². The Bertz CT molecular complexity index is 1930. The minimum atomic E-state index is -0.485. The fraction of sp³-hybridized carbons (Fsp3) is 0.122. The molecule has 0 radical (unpaired) electrons. The van der Waals surface area contributed by atoms with E-state index >= 15 is 0 Å². The topological polar surface area (TPSA) is 114 Å². The van der Waals surface area contributed by atoms with Crippen LogP contribution in [0.25, 0.3) is 17.2 Å². The van der Waals surface area contributed by atoms with E-state index in [1.54, 1.807) is 78.9 Å². The van der Waals surface area contributed by atoms with Crippen LogP contribution in [0.3, 0.4) is 0 Å². The van der Waals surface area contributed by atoms with Crippen molar-refractivity contribution in [1.82, 2.24) is 5.32 Å². The molecular weight excluding hydrogens is 647 g/mol. The first-order chi connectivity index (χ1) is 24.4. The third-order valence-corrected chi connectivity index (χ3v) is 8.49. The number of thioether (sulfide) groups is 1. The highest BCUT2D eigenvalue weighted by Gasteiger charge is 2.16. The van der Waals surface area contributed by atoms with Crippen LogP contribution in [0.2, 0.25) is 0 Å². The lowest BCUT2D eigenvalue weighted by Gasteiger charge is -2.12. The van der Waals surface area contributed by atoms with Gasteiger partial charge in [-0.1, -0.05) is 86.1 Å². The van der Waals surface area contributed by atoms with Gasteiger partial charge in [-0.15, -0.1) is 11.8 Å². The minimum absolute atomic E-state index is 0.0860. The van der Waals surface area contributed by atoms with Crippen molar-refractivity contribution >= 4 is 52.9 Å². The number of rotatable bonds is 14. The van der Waals surface area contributed by atoms with E-state index < -0.39 is 11.8 Å². The van der Waals surface area contributed by atoms with Gasteiger partial charge in [0.2, 0.25) is 5.91 Å². The van der Waals surface area contributed by atoms with Gasteiger partial charge in [0.05, 0.1) is 17.9 Å². The Morgan fingerprint density at radius 3 is 1.92 bits per heavy atom. The summed E-state index contributed by atoms with van der Waals surface area (Å²) >= 11 is 1.34. The van der Waals surface area contributed by atoms with Crippen molar-refractivity contribution in [3.05, 3.63) is 156 Å². The van der Waals surface area contributed by atoms with E-state index in [0.717, 1.165) is 34.4 Å². The monoisotopic (exact) mass is 683 g/mol. The van der Waals surface area contributed by atoms with Gasteiger partial charge in [-0.2, -0.15) is 0 Å². The lowest BCUT2D eigenvalue weighted by molar-refractivity contribution is -0.114. The maximum absolute atomic E-state index is 13.5. The molecule has 0 saturated heterocycles. The number of ether oxygens (including phenoxy) is 1. The van der Waals surface area contributed by atoms with Gasteiger partial charge >= 0.3 is 5.97 Å². The van der Waals surface area contributed by atoms with E-state index in [4.69, 9.17) is 4.74 Å². The van der Waals surface area contributed by atoms with Crippen LogP contribution in [0.4, 0.5) is 11.4 Å². The molecule has 3 amide bonds. The molecule has 0 bridgehead atoms. The molecule has 0 aromatic heterocycles. The first-order valence-corrected chi connectivity index (χ1v) is 17.2.